The van der Waals surface area contributed by atoms with Gasteiger partial charge in [-0.15, -0.1) is 23.1 Å². The third-order valence-electron chi connectivity index (χ3n) is 3.16. The summed E-state index contributed by atoms with van der Waals surface area (Å²) in [5.74, 6) is 7.03. The second-order valence-electron chi connectivity index (χ2n) is 4.93. The summed E-state index contributed by atoms with van der Waals surface area (Å²) >= 11 is 3.12. The molecule has 0 bridgehead atoms. The number of nitrogens with zero attached hydrogens (tertiary/aromatic N) is 1. The van der Waals surface area contributed by atoms with Crippen LogP contribution >= 0.6 is 23.1 Å². The van der Waals surface area contributed by atoms with Crippen LogP contribution in [0.2, 0.25) is 0 Å². The number of carbonyl (C=O) groups is 2. The van der Waals surface area contributed by atoms with Gasteiger partial charge in [0.2, 0.25) is 11.8 Å². The van der Waals surface area contributed by atoms with Gasteiger partial charge >= 0.3 is 0 Å². The van der Waals surface area contributed by atoms with Crippen LogP contribution in [0.4, 0.5) is 5.69 Å². The number of thiophene rings is 1. The molecule has 1 aliphatic rings. The van der Waals surface area contributed by atoms with Crippen molar-refractivity contribution in [2.75, 3.05) is 23.5 Å². The molecule has 0 unspecified atom stereocenters. The van der Waals surface area contributed by atoms with Crippen LogP contribution < -0.4 is 5.32 Å². The first-order chi connectivity index (χ1) is 11.2. The molecular formula is C17H14N2O2S2. The summed E-state index contributed by atoms with van der Waals surface area (Å²) in [4.78, 5) is 26.1. The van der Waals surface area contributed by atoms with E-state index >= 15 is 0 Å². The first-order valence-electron chi connectivity index (χ1n) is 7.02. The van der Waals surface area contributed by atoms with Gasteiger partial charge in [0.1, 0.15) is 6.54 Å². The molecule has 116 valence electrons. The number of benzene rings is 1. The van der Waals surface area contributed by atoms with E-state index in [0.29, 0.717) is 17.3 Å². The molecule has 1 saturated heterocycles. The lowest BCUT2D eigenvalue weighted by molar-refractivity contribution is -0.130. The summed E-state index contributed by atoms with van der Waals surface area (Å²) < 4.78 is 0. The number of amides is 2. The summed E-state index contributed by atoms with van der Waals surface area (Å²) in [5.41, 5.74) is 1.52. The predicted molar refractivity (Wildman–Crippen MR) is 94.4 cm³/mol. The van der Waals surface area contributed by atoms with Gasteiger partial charge in [0.05, 0.1) is 16.5 Å². The molecule has 0 atom stereocenters. The topological polar surface area (TPSA) is 49.4 Å². The van der Waals surface area contributed by atoms with E-state index in [-0.39, 0.29) is 18.4 Å². The smallest absolute Gasteiger partial charge is 0.244 e. The van der Waals surface area contributed by atoms with Crippen molar-refractivity contribution in [2.45, 2.75) is 0 Å². The highest BCUT2D eigenvalue weighted by atomic mass is 32.2. The number of hydrogen-bond donors (Lipinski definition) is 1. The Morgan fingerprint density at radius 2 is 2.17 bits per heavy atom. The van der Waals surface area contributed by atoms with Crippen molar-refractivity contribution >= 4 is 40.6 Å². The van der Waals surface area contributed by atoms with Gasteiger partial charge in [-0.05, 0) is 29.6 Å². The van der Waals surface area contributed by atoms with E-state index in [0.717, 1.165) is 10.4 Å². The fourth-order valence-electron chi connectivity index (χ4n) is 2.07. The second kappa shape index (κ2) is 7.36. The Bertz CT molecular complexity index is 775. The fourth-order valence-corrected chi connectivity index (χ4v) is 3.55. The van der Waals surface area contributed by atoms with Crippen molar-refractivity contribution in [3.8, 4) is 11.8 Å². The highest BCUT2D eigenvalue weighted by Crippen LogP contribution is 2.15. The van der Waals surface area contributed by atoms with Gasteiger partial charge in [-0.2, -0.15) is 0 Å². The van der Waals surface area contributed by atoms with Gasteiger partial charge in [0, 0.05) is 11.3 Å². The SMILES string of the molecule is O=C(CN1CSCC1=O)Nc1cccc(C#Cc2cccs2)c1. The average Bonchev–Trinajstić information content (AvgIpc) is 3.18. The highest BCUT2D eigenvalue weighted by molar-refractivity contribution is 8.00. The first kappa shape index (κ1) is 15.7. The monoisotopic (exact) mass is 342 g/mol. The maximum atomic E-state index is 12.0. The van der Waals surface area contributed by atoms with Gasteiger partial charge < -0.3 is 10.2 Å². The van der Waals surface area contributed by atoms with E-state index in [1.807, 2.05) is 41.8 Å². The lowest BCUT2D eigenvalue weighted by Crippen LogP contribution is -2.34. The summed E-state index contributed by atoms with van der Waals surface area (Å²) in [6.45, 7) is 0.0942. The molecule has 1 aliphatic heterocycles. The van der Waals surface area contributed by atoms with Crippen molar-refractivity contribution in [3.63, 3.8) is 0 Å². The zero-order chi connectivity index (χ0) is 16.1. The summed E-state index contributed by atoms with van der Waals surface area (Å²) in [6.07, 6.45) is 0. The Balaban J connectivity index is 1.63. The molecule has 0 spiro atoms. The molecule has 0 aliphatic carbocycles. The molecule has 1 fully saturated rings. The van der Waals surface area contributed by atoms with Crippen LogP contribution in [0.5, 0.6) is 0 Å². The van der Waals surface area contributed by atoms with E-state index in [1.54, 1.807) is 16.2 Å². The molecule has 6 heteroatoms. The number of anilines is 1. The number of thioether (sulfide) groups is 1. The predicted octanol–water partition coefficient (Wildman–Crippen LogP) is 2.62. The van der Waals surface area contributed by atoms with E-state index in [4.69, 9.17) is 0 Å². The minimum atomic E-state index is -0.191. The zero-order valence-corrected chi connectivity index (χ0v) is 13.9. The molecule has 0 saturated carbocycles. The lowest BCUT2D eigenvalue weighted by Gasteiger charge is -2.14. The Labute approximate surface area is 142 Å². The molecule has 1 aromatic heterocycles. The molecule has 0 radical (unpaired) electrons. The molecule has 23 heavy (non-hydrogen) atoms. The van der Waals surface area contributed by atoms with Crippen LogP contribution in [0.15, 0.2) is 41.8 Å². The van der Waals surface area contributed by atoms with Crippen LogP contribution in [0.25, 0.3) is 0 Å². The van der Waals surface area contributed by atoms with Crippen molar-refractivity contribution in [1.29, 1.82) is 0 Å². The summed E-state index contributed by atoms with van der Waals surface area (Å²) in [5, 5.41) is 4.80. The number of carbonyl (C=O) groups excluding carboxylic acids is 2. The van der Waals surface area contributed by atoms with Crippen LogP contribution in [0.1, 0.15) is 10.4 Å². The first-order valence-corrected chi connectivity index (χ1v) is 9.05. The standard InChI is InChI=1S/C17H14N2O2S2/c20-16(10-19-12-22-11-17(19)21)18-14-4-1-3-13(9-14)6-7-15-5-2-8-23-15/h1-5,8-9H,10-12H2,(H,18,20). The molecule has 2 heterocycles. The van der Waals surface area contributed by atoms with Crippen molar-refractivity contribution in [2.24, 2.45) is 0 Å². The van der Waals surface area contributed by atoms with Gasteiger partial charge in [-0.3, -0.25) is 9.59 Å². The van der Waals surface area contributed by atoms with Crippen molar-refractivity contribution in [1.82, 2.24) is 4.90 Å². The number of hydrogen-bond acceptors (Lipinski definition) is 4. The minimum Gasteiger partial charge on any atom is -0.325 e. The molecule has 4 nitrogen and oxygen atoms in total. The molecule has 1 N–H and O–H groups in total. The van der Waals surface area contributed by atoms with E-state index in [9.17, 15) is 9.59 Å². The van der Waals surface area contributed by atoms with Crippen LogP contribution in [0, 0.1) is 11.8 Å². The molecule has 1 aromatic carbocycles. The van der Waals surface area contributed by atoms with E-state index in [1.165, 1.54) is 11.8 Å². The van der Waals surface area contributed by atoms with Crippen LogP contribution in [0.3, 0.4) is 0 Å². The zero-order valence-electron chi connectivity index (χ0n) is 12.2. The maximum absolute atomic E-state index is 12.0. The van der Waals surface area contributed by atoms with Crippen molar-refractivity contribution < 1.29 is 9.59 Å². The lowest BCUT2D eigenvalue weighted by atomic mass is 10.2. The molecule has 2 aromatic rings. The van der Waals surface area contributed by atoms with Gasteiger partial charge in [0.25, 0.3) is 0 Å². The Morgan fingerprint density at radius 1 is 1.26 bits per heavy atom. The molecular weight excluding hydrogens is 328 g/mol. The van der Waals surface area contributed by atoms with Gasteiger partial charge in [-0.1, -0.05) is 24.0 Å². The number of rotatable bonds is 3. The Kier molecular flexibility index (Phi) is 5.01. The van der Waals surface area contributed by atoms with Crippen LogP contribution in [-0.4, -0.2) is 34.9 Å². The summed E-state index contributed by atoms with van der Waals surface area (Å²) in [7, 11) is 0. The van der Waals surface area contributed by atoms with Crippen molar-refractivity contribution in [3.05, 3.63) is 52.2 Å². The average molecular weight is 342 g/mol. The van der Waals surface area contributed by atoms with Gasteiger partial charge in [0.15, 0.2) is 0 Å². The number of nitrogens with one attached hydrogen (secondary N) is 1. The minimum absolute atomic E-state index is 0.0146. The third-order valence-corrected chi connectivity index (χ3v) is 4.89. The quantitative estimate of drug-likeness (QED) is 0.873. The largest absolute Gasteiger partial charge is 0.325 e. The van der Waals surface area contributed by atoms with E-state index < -0.39 is 0 Å². The van der Waals surface area contributed by atoms with E-state index in [2.05, 4.69) is 17.2 Å². The fraction of sp³-hybridized carbons (Fsp3) is 0.176. The third kappa shape index (κ3) is 4.38. The van der Waals surface area contributed by atoms with Crippen LogP contribution in [-0.2, 0) is 9.59 Å². The summed E-state index contributed by atoms with van der Waals surface area (Å²) in [6, 6.07) is 11.3. The molecule has 2 amide bonds. The maximum Gasteiger partial charge on any atom is 0.244 e. The Hall–Kier alpha value is -2.23. The van der Waals surface area contributed by atoms with Gasteiger partial charge in [-0.25, -0.2) is 0 Å². The highest BCUT2D eigenvalue weighted by Gasteiger charge is 2.22. The second-order valence-corrected chi connectivity index (χ2v) is 6.83. The normalized spacial score (nSPS) is 13.6. The Morgan fingerprint density at radius 3 is 2.91 bits per heavy atom. The molecule has 3 rings (SSSR count).